The van der Waals surface area contributed by atoms with E-state index in [1.165, 1.54) is 5.57 Å². The van der Waals surface area contributed by atoms with Gasteiger partial charge in [-0.25, -0.2) is 0 Å². The van der Waals surface area contributed by atoms with Crippen molar-refractivity contribution in [2.75, 3.05) is 6.61 Å². The molecule has 64 valence electrons. The van der Waals surface area contributed by atoms with Crippen LogP contribution in [0.3, 0.4) is 0 Å². The Kier molecular flexibility index (Phi) is 4.88. The maximum absolute atomic E-state index is 8.69. The summed E-state index contributed by atoms with van der Waals surface area (Å²) in [4.78, 5) is 0. The lowest BCUT2D eigenvalue weighted by atomic mass is 10.0. The average Bonchev–Trinajstić information content (AvgIpc) is 1.99. The largest absolute Gasteiger partial charge is 0.392 e. The molecule has 0 aliphatic heterocycles. The van der Waals surface area contributed by atoms with Gasteiger partial charge in [0.15, 0.2) is 0 Å². The monoisotopic (exact) mass is 154 g/mol. The van der Waals surface area contributed by atoms with Crippen molar-refractivity contribution in [2.24, 2.45) is 5.92 Å². The number of hydrogen-bond donors (Lipinski definition) is 1. The summed E-state index contributed by atoms with van der Waals surface area (Å²) < 4.78 is 0. The van der Waals surface area contributed by atoms with E-state index in [0.717, 1.165) is 12.0 Å². The Balaban J connectivity index is 3.78. The molecule has 0 aliphatic rings. The van der Waals surface area contributed by atoms with Crippen molar-refractivity contribution >= 4 is 0 Å². The Bertz CT molecular complexity index is 154. The molecule has 0 aromatic carbocycles. The van der Waals surface area contributed by atoms with Crippen LogP contribution in [-0.2, 0) is 0 Å². The molecule has 0 spiro atoms. The van der Waals surface area contributed by atoms with Crippen molar-refractivity contribution in [1.29, 1.82) is 0 Å². The number of allylic oxidation sites excluding steroid dienone is 2. The van der Waals surface area contributed by atoms with E-state index in [-0.39, 0.29) is 6.61 Å². The molecule has 1 nitrogen and oxygen atoms in total. The summed E-state index contributed by atoms with van der Waals surface area (Å²) in [5.41, 5.74) is 2.24. The van der Waals surface area contributed by atoms with E-state index in [4.69, 9.17) is 5.11 Å². The van der Waals surface area contributed by atoms with Gasteiger partial charge in [0, 0.05) is 0 Å². The third-order valence-corrected chi connectivity index (χ3v) is 1.78. The van der Waals surface area contributed by atoms with Gasteiger partial charge in [-0.05, 0) is 19.3 Å². The summed E-state index contributed by atoms with van der Waals surface area (Å²) >= 11 is 0. The van der Waals surface area contributed by atoms with Crippen molar-refractivity contribution in [2.45, 2.75) is 27.2 Å². The Morgan fingerprint density at radius 1 is 1.55 bits per heavy atom. The molecular weight excluding hydrogens is 136 g/mol. The molecule has 0 rings (SSSR count). The zero-order chi connectivity index (χ0) is 8.85. The first-order valence-electron chi connectivity index (χ1n) is 4.02. The van der Waals surface area contributed by atoms with Crippen LogP contribution in [0, 0.1) is 5.92 Å². The predicted molar refractivity (Wildman–Crippen MR) is 49.4 cm³/mol. The van der Waals surface area contributed by atoms with E-state index in [1.54, 1.807) is 0 Å². The third-order valence-electron chi connectivity index (χ3n) is 1.78. The molecule has 1 heteroatoms. The molecule has 1 N–H and O–H groups in total. The fourth-order valence-corrected chi connectivity index (χ4v) is 0.606. The smallest absolute Gasteiger partial charge is 0.0639 e. The second kappa shape index (κ2) is 5.14. The van der Waals surface area contributed by atoms with Crippen LogP contribution >= 0.6 is 0 Å². The van der Waals surface area contributed by atoms with E-state index in [2.05, 4.69) is 20.4 Å². The summed E-state index contributed by atoms with van der Waals surface area (Å²) in [6, 6.07) is 0. The molecule has 0 bridgehead atoms. The van der Waals surface area contributed by atoms with Crippen LogP contribution in [-0.4, -0.2) is 11.7 Å². The summed E-state index contributed by atoms with van der Waals surface area (Å²) in [7, 11) is 0. The second-order valence-electron chi connectivity index (χ2n) is 3.23. The van der Waals surface area contributed by atoms with E-state index in [0.29, 0.717) is 5.92 Å². The molecule has 0 aromatic rings. The van der Waals surface area contributed by atoms with Crippen LogP contribution in [0.2, 0.25) is 0 Å². The molecule has 0 unspecified atom stereocenters. The molecule has 0 aliphatic carbocycles. The van der Waals surface area contributed by atoms with Gasteiger partial charge in [0.1, 0.15) is 0 Å². The van der Waals surface area contributed by atoms with Gasteiger partial charge in [-0.1, -0.05) is 37.6 Å². The maximum atomic E-state index is 8.69. The summed E-state index contributed by atoms with van der Waals surface area (Å²) in [5.74, 6) is 0.540. The van der Waals surface area contributed by atoms with E-state index >= 15 is 0 Å². The van der Waals surface area contributed by atoms with Crippen LogP contribution in [0.25, 0.3) is 0 Å². The lowest BCUT2D eigenvalue weighted by Crippen LogP contribution is -1.91. The Hall–Kier alpha value is -0.560. The van der Waals surface area contributed by atoms with Gasteiger partial charge < -0.3 is 5.11 Å². The molecular formula is C10H18O. The van der Waals surface area contributed by atoms with E-state index in [9.17, 15) is 0 Å². The Labute approximate surface area is 69.4 Å². The highest BCUT2D eigenvalue weighted by Gasteiger charge is 1.97. The molecule has 0 heterocycles. The molecule has 0 atom stereocenters. The first-order chi connectivity index (χ1) is 5.07. The topological polar surface area (TPSA) is 20.2 Å². The van der Waals surface area contributed by atoms with Crippen molar-refractivity contribution in [3.05, 3.63) is 23.8 Å². The highest BCUT2D eigenvalue weighted by molar-refractivity contribution is 5.08. The van der Waals surface area contributed by atoms with Gasteiger partial charge in [0.05, 0.1) is 6.61 Å². The molecule has 0 fully saturated rings. The first-order valence-corrected chi connectivity index (χ1v) is 4.02. The number of aliphatic hydroxyl groups excluding tert-OH is 1. The van der Waals surface area contributed by atoms with Gasteiger partial charge in [0.2, 0.25) is 0 Å². The van der Waals surface area contributed by atoms with Crippen LogP contribution in [0.5, 0.6) is 0 Å². The lowest BCUT2D eigenvalue weighted by Gasteiger charge is -2.05. The Morgan fingerprint density at radius 3 is 2.45 bits per heavy atom. The number of rotatable bonds is 4. The fraction of sp³-hybridized carbons (Fsp3) is 0.600. The van der Waals surface area contributed by atoms with Crippen molar-refractivity contribution in [3.8, 4) is 0 Å². The predicted octanol–water partition coefficient (Wildman–Crippen LogP) is 2.53. The highest BCUT2D eigenvalue weighted by atomic mass is 16.3. The van der Waals surface area contributed by atoms with E-state index in [1.807, 2.05) is 13.0 Å². The van der Waals surface area contributed by atoms with Gasteiger partial charge in [0.25, 0.3) is 0 Å². The third kappa shape index (κ3) is 4.79. The second-order valence-corrected chi connectivity index (χ2v) is 3.23. The first kappa shape index (κ1) is 10.4. The van der Waals surface area contributed by atoms with Crippen LogP contribution < -0.4 is 0 Å². The highest BCUT2D eigenvalue weighted by Crippen LogP contribution is 2.12. The minimum absolute atomic E-state index is 0.158. The summed E-state index contributed by atoms with van der Waals surface area (Å²) in [6.45, 7) is 10.3. The zero-order valence-corrected chi connectivity index (χ0v) is 7.72. The quantitative estimate of drug-likeness (QED) is 0.617. The summed E-state index contributed by atoms with van der Waals surface area (Å²) in [6.07, 6.45) is 2.92. The molecule has 0 radical (unpaired) electrons. The van der Waals surface area contributed by atoms with Crippen molar-refractivity contribution < 1.29 is 5.11 Å². The molecule has 0 saturated heterocycles. The number of hydrogen-bond acceptors (Lipinski definition) is 1. The van der Waals surface area contributed by atoms with Crippen LogP contribution in [0.15, 0.2) is 23.8 Å². The Morgan fingerprint density at radius 2 is 2.09 bits per heavy atom. The fourth-order valence-electron chi connectivity index (χ4n) is 0.606. The minimum atomic E-state index is 0.158. The zero-order valence-electron chi connectivity index (χ0n) is 7.72. The maximum Gasteiger partial charge on any atom is 0.0639 e. The normalized spacial score (nSPS) is 12.3. The minimum Gasteiger partial charge on any atom is -0.392 e. The van der Waals surface area contributed by atoms with Crippen LogP contribution in [0.4, 0.5) is 0 Å². The van der Waals surface area contributed by atoms with Gasteiger partial charge in [-0.15, -0.1) is 0 Å². The van der Waals surface area contributed by atoms with Gasteiger partial charge >= 0.3 is 0 Å². The van der Waals surface area contributed by atoms with Gasteiger partial charge in [-0.3, -0.25) is 0 Å². The lowest BCUT2D eigenvalue weighted by molar-refractivity contribution is 0.331. The van der Waals surface area contributed by atoms with Gasteiger partial charge in [-0.2, -0.15) is 0 Å². The SMILES string of the molecule is C=C(C/C=C(\C)CO)C(C)C. The average molecular weight is 154 g/mol. The molecule has 0 amide bonds. The van der Waals surface area contributed by atoms with Crippen LogP contribution in [0.1, 0.15) is 27.2 Å². The molecule has 0 saturated carbocycles. The van der Waals surface area contributed by atoms with Crippen molar-refractivity contribution in [3.63, 3.8) is 0 Å². The summed E-state index contributed by atoms with van der Waals surface area (Å²) in [5, 5.41) is 8.69. The molecule has 11 heavy (non-hydrogen) atoms. The molecule has 0 aromatic heterocycles. The van der Waals surface area contributed by atoms with Crippen molar-refractivity contribution in [1.82, 2.24) is 0 Å². The van der Waals surface area contributed by atoms with E-state index < -0.39 is 0 Å². The standard InChI is InChI=1S/C10H18O/c1-8(2)10(4)6-5-9(3)7-11/h5,8,11H,4,6-7H2,1-3H3/b9-5+. The number of aliphatic hydroxyl groups is 1.